The van der Waals surface area contributed by atoms with Gasteiger partial charge in [-0.2, -0.15) is 0 Å². The lowest BCUT2D eigenvalue weighted by Gasteiger charge is -2.07. The third kappa shape index (κ3) is 3.49. The fraction of sp³-hybridized carbons (Fsp3) is 0.0714. The lowest BCUT2D eigenvalue weighted by atomic mass is 10.1. The molecule has 2 N–H and O–H groups in total. The van der Waals surface area contributed by atoms with Crippen LogP contribution < -0.4 is 5.32 Å². The van der Waals surface area contributed by atoms with Crippen LogP contribution in [0.25, 0.3) is 0 Å². The third-order valence-electron chi connectivity index (χ3n) is 2.83. The van der Waals surface area contributed by atoms with Gasteiger partial charge < -0.3 is 10.4 Å². The molecule has 0 saturated carbocycles. The average molecular weight is 307 g/mol. The Morgan fingerprint density at radius 3 is 2.67 bits per heavy atom. The van der Waals surface area contributed by atoms with Crippen molar-refractivity contribution in [3.8, 4) is 5.75 Å². The molecule has 21 heavy (non-hydrogen) atoms. The molecule has 0 saturated heterocycles. The van der Waals surface area contributed by atoms with E-state index < -0.39 is 10.8 Å². The summed E-state index contributed by atoms with van der Waals surface area (Å²) in [5, 5.41) is 23.2. The van der Waals surface area contributed by atoms with Crippen LogP contribution in [0.4, 0.5) is 5.69 Å². The summed E-state index contributed by atoms with van der Waals surface area (Å²) in [6, 6.07) is 10.3. The molecular weight excluding hydrogens is 296 g/mol. The van der Waals surface area contributed by atoms with Crippen LogP contribution in [0, 0.1) is 10.1 Å². The summed E-state index contributed by atoms with van der Waals surface area (Å²) in [5.41, 5.74) is 0.0690. The molecule has 0 aliphatic rings. The van der Waals surface area contributed by atoms with Gasteiger partial charge in [0.2, 0.25) is 0 Å². The smallest absolute Gasteiger partial charge is 0.283 e. The number of carbonyl (C=O) groups is 1. The van der Waals surface area contributed by atoms with E-state index in [1.807, 2.05) is 0 Å². The number of nitro groups is 1. The van der Waals surface area contributed by atoms with Gasteiger partial charge in [0.25, 0.3) is 11.6 Å². The van der Waals surface area contributed by atoms with E-state index in [2.05, 4.69) is 5.32 Å². The standard InChI is InChI=1S/C14H11ClN2O4/c15-10-5-6-11(12(7-10)17(20)21)14(19)16-8-9-3-1-2-4-13(9)18/h1-7,18H,8H2,(H,16,19). The van der Waals surface area contributed by atoms with Gasteiger partial charge in [0.1, 0.15) is 11.3 Å². The maximum atomic E-state index is 12.0. The Balaban J connectivity index is 2.18. The van der Waals surface area contributed by atoms with E-state index in [0.29, 0.717) is 5.56 Å². The Kier molecular flexibility index (Phi) is 4.39. The molecule has 0 heterocycles. The first-order valence-corrected chi connectivity index (χ1v) is 6.36. The van der Waals surface area contributed by atoms with E-state index in [1.165, 1.54) is 18.2 Å². The molecule has 0 radical (unpaired) electrons. The summed E-state index contributed by atoms with van der Waals surface area (Å²) >= 11 is 5.69. The first-order chi connectivity index (χ1) is 9.99. The molecule has 2 aromatic rings. The second-order valence-corrected chi connectivity index (χ2v) is 4.67. The van der Waals surface area contributed by atoms with E-state index in [9.17, 15) is 20.0 Å². The first kappa shape index (κ1) is 14.8. The second-order valence-electron chi connectivity index (χ2n) is 4.23. The minimum atomic E-state index is -0.666. The molecular formula is C14H11ClN2O4. The third-order valence-corrected chi connectivity index (χ3v) is 3.07. The number of rotatable bonds is 4. The first-order valence-electron chi connectivity index (χ1n) is 5.98. The highest BCUT2D eigenvalue weighted by Crippen LogP contribution is 2.23. The van der Waals surface area contributed by atoms with Crippen molar-refractivity contribution in [1.82, 2.24) is 5.32 Å². The predicted molar refractivity (Wildman–Crippen MR) is 77.4 cm³/mol. The van der Waals surface area contributed by atoms with Crippen molar-refractivity contribution in [3.05, 3.63) is 68.7 Å². The van der Waals surface area contributed by atoms with Crippen LogP contribution in [-0.2, 0) is 6.54 Å². The molecule has 2 rings (SSSR count). The summed E-state index contributed by atoms with van der Waals surface area (Å²) in [7, 11) is 0. The summed E-state index contributed by atoms with van der Waals surface area (Å²) in [6.07, 6.45) is 0. The number of amides is 1. The summed E-state index contributed by atoms with van der Waals surface area (Å²) in [6.45, 7) is 0.0608. The van der Waals surface area contributed by atoms with Crippen LogP contribution in [0.5, 0.6) is 5.75 Å². The van der Waals surface area contributed by atoms with Crippen molar-refractivity contribution in [2.24, 2.45) is 0 Å². The van der Waals surface area contributed by atoms with Crippen LogP contribution in [-0.4, -0.2) is 15.9 Å². The summed E-state index contributed by atoms with van der Waals surface area (Å²) in [4.78, 5) is 22.3. The van der Waals surface area contributed by atoms with E-state index >= 15 is 0 Å². The summed E-state index contributed by atoms with van der Waals surface area (Å²) in [5.74, 6) is -0.565. The SMILES string of the molecule is O=C(NCc1ccccc1O)c1ccc(Cl)cc1[N+](=O)[O-]. The van der Waals surface area contributed by atoms with Crippen molar-refractivity contribution < 1.29 is 14.8 Å². The number of hydrogen-bond donors (Lipinski definition) is 2. The number of nitrogens with one attached hydrogen (secondary N) is 1. The molecule has 0 atom stereocenters. The predicted octanol–water partition coefficient (Wildman–Crippen LogP) is 2.88. The number of nitrogens with zero attached hydrogens (tertiary/aromatic N) is 1. The molecule has 2 aromatic carbocycles. The number of carbonyl (C=O) groups excluding carboxylic acids is 1. The fourth-order valence-electron chi connectivity index (χ4n) is 1.78. The number of para-hydroxylation sites is 1. The van der Waals surface area contributed by atoms with Gasteiger partial charge in [0, 0.05) is 23.2 Å². The van der Waals surface area contributed by atoms with Crippen molar-refractivity contribution in [2.45, 2.75) is 6.54 Å². The quantitative estimate of drug-likeness (QED) is 0.671. The molecule has 0 aliphatic carbocycles. The van der Waals surface area contributed by atoms with E-state index in [-0.39, 0.29) is 28.6 Å². The van der Waals surface area contributed by atoms with Crippen LogP contribution in [0.1, 0.15) is 15.9 Å². The van der Waals surface area contributed by atoms with E-state index in [4.69, 9.17) is 11.6 Å². The van der Waals surface area contributed by atoms with Crippen molar-refractivity contribution >= 4 is 23.2 Å². The zero-order chi connectivity index (χ0) is 15.4. The lowest BCUT2D eigenvalue weighted by molar-refractivity contribution is -0.385. The van der Waals surface area contributed by atoms with Gasteiger partial charge in [-0.15, -0.1) is 0 Å². The largest absolute Gasteiger partial charge is 0.508 e. The Morgan fingerprint density at radius 1 is 1.29 bits per heavy atom. The van der Waals surface area contributed by atoms with E-state index in [0.717, 1.165) is 6.07 Å². The number of phenols is 1. The molecule has 1 amide bonds. The lowest BCUT2D eigenvalue weighted by Crippen LogP contribution is -2.23. The zero-order valence-electron chi connectivity index (χ0n) is 10.7. The maximum absolute atomic E-state index is 12.0. The minimum Gasteiger partial charge on any atom is -0.508 e. The molecule has 0 fully saturated rings. The molecule has 108 valence electrons. The van der Waals surface area contributed by atoms with Crippen molar-refractivity contribution in [3.63, 3.8) is 0 Å². The Morgan fingerprint density at radius 2 is 2.00 bits per heavy atom. The Labute approximate surface area is 125 Å². The van der Waals surface area contributed by atoms with Crippen molar-refractivity contribution in [1.29, 1.82) is 0 Å². The molecule has 0 unspecified atom stereocenters. The van der Waals surface area contributed by atoms with Gasteiger partial charge in [0.05, 0.1) is 4.92 Å². The van der Waals surface area contributed by atoms with Crippen molar-refractivity contribution in [2.75, 3.05) is 0 Å². The number of halogens is 1. The van der Waals surface area contributed by atoms with Crippen LogP contribution in [0.3, 0.4) is 0 Å². The highest BCUT2D eigenvalue weighted by atomic mass is 35.5. The number of hydrogen-bond acceptors (Lipinski definition) is 4. The monoisotopic (exact) mass is 306 g/mol. The number of nitro benzene ring substituents is 1. The van der Waals surface area contributed by atoms with Crippen LogP contribution in [0.2, 0.25) is 5.02 Å². The number of phenolic OH excluding ortho intramolecular Hbond substituents is 1. The van der Waals surface area contributed by atoms with Gasteiger partial charge >= 0.3 is 0 Å². The zero-order valence-corrected chi connectivity index (χ0v) is 11.5. The highest BCUT2D eigenvalue weighted by Gasteiger charge is 2.20. The normalized spacial score (nSPS) is 10.1. The molecule has 0 spiro atoms. The molecule has 7 heteroatoms. The Bertz CT molecular complexity index is 703. The second kappa shape index (κ2) is 6.23. The molecule has 0 bridgehead atoms. The highest BCUT2D eigenvalue weighted by molar-refractivity contribution is 6.31. The average Bonchev–Trinajstić information content (AvgIpc) is 2.46. The minimum absolute atomic E-state index is 0.0448. The Hall–Kier alpha value is -2.60. The summed E-state index contributed by atoms with van der Waals surface area (Å²) < 4.78 is 0. The molecule has 0 aliphatic heterocycles. The maximum Gasteiger partial charge on any atom is 0.283 e. The van der Waals surface area contributed by atoms with Crippen LogP contribution >= 0.6 is 11.6 Å². The fourth-order valence-corrected chi connectivity index (χ4v) is 1.95. The number of benzene rings is 2. The van der Waals surface area contributed by atoms with Gasteiger partial charge in [-0.25, -0.2) is 0 Å². The van der Waals surface area contributed by atoms with Gasteiger partial charge in [0.15, 0.2) is 0 Å². The topological polar surface area (TPSA) is 92.5 Å². The van der Waals surface area contributed by atoms with Gasteiger partial charge in [-0.3, -0.25) is 14.9 Å². The van der Waals surface area contributed by atoms with Crippen LogP contribution in [0.15, 0.2) is 42.5 Å². The van der Waals surface area contributed by atoms with Gasteiger partial charge in [-0.1, -0.05) is 29.8 Å². The van der Waals surface area contributed by atoms with Gasteiger partial charge in [-0.05, 0) is 18.2 Å². The molecule has 0 aromatic heterocycles. The van der Waals surface area contributed by atoms with E-state index in [1.54, 1.807) is 18.2 Å². The molecule has 6 nitrogen and oxygen atoms in total. The number of aromatic hydroxyl groups is 1.